The van der Waals surface area contributed by atoms with Crippen LogP contribution < -0.4 is 11.1 Å². The fraction of sp³-hybridized carbons (Fsp3) is 0.467. The summed E-state index contributed by atoms with van der Waals surface area (Å²) in [5.41, 5.74) is 5.56. The van der Waals surface area contributed by atoms with Crippen molar-refractivity contribution in [1.29, 1.82) is 0 Å². The summed E-state index contributed by atoms with van der Waals surface area (Å²) < 4.78 is 5.18. The first kappa shape index (κ1) is 18.8. The van der Waals surface area contributed by atoms with Crippen molar-refractivity contribution in [2.75, 3.05) is 6.54 Å². The molecule has 7 heteroatoms. The third-order valence-electron chi connectivity index (χ3n) is 2.77. The Labute approximate surface area is 143 Å². The second-order valence-corrected chi connectivity index (χ2v) is 7.27. The Hall–Kier alpha value is -1.27. The third kappa shape index (κ3) is 6.23. The molecule has 0 fully saturated rings. The van der Waals surface area contributed by atoms with Crippen molar-refractivity contribution >= 4 is 39.5 Å². The van der Waals surface area contributed by atoms with Crippen molar-refractivity contribution in [3.63, 3.8) is 0 Å². The first-order valence-electron chi connectivity index (χ1n) is 6.76. The van der Waals surface area contributed by atoms with Gasteiger partial charge >= 0.3 is 6.09 Å². The van der Waals surface area contributed by atoms with Gasteiger partial charge in [-0.25, -0.2) is 4.79 Å². The van der Waals surface area contributed by atoms with E-state index in [4.69, 9.17) is 22.1 Å². The number of carbonyl (C=O) groups excluding carboxylic acids is 2. The number of nitrogens with two attached hydrogens (primary N) is 1. The van der Waals surface area contributed by atoms with Crippen LogP contribution in [0.15, 0.2) is 24.3 Å². The molecule has 1 aromatic rings. The third-order valence-corrected chi connectivity index (χ3v) is 4.09. The van der Waals surface area contributed by atoms with Gasteiger partial charge in [0.2, 0.25) is 5.91 Å². The molecule has 0 bridgehead atoms. The predicted molar refractivity (Wildman–Crippen MR) is 90.3 cm³/mol. The van der Waals surface area contributed by atoms with Crippen LogP contribution in [-0.2, 0) is 9.53 Å². The van der Waals surface area contributed by atoms with Crippen LogP contribution in [0.5, 0.6) is 0 Å². The zero-order chi connectivity index (χ0) is 16.9. The van der Waals surface area contributed by atoms with Gasteiger partial charge in [0.15, 0.2) is 0 Å². The van der Waals surface area contributed by atoms with E-state index in [-0.39, 0.29) is 12.5 Å². The first-order valence-corrected chi connectivity index (χ1v) is 8.05. The Morgan fingerprint density at radius 1 is 1.41 bits per heavy atom. The molecule has 2 amide bonds. The fourth-order valence-electron chi connectivity index (χ4n) is 1.83. The van der Waals surface area contributed by atoms with E-state index in [1.807, 2.05) is 6.07 Å². The van der Waals surface area contributed by atoms with Gasteiger partial charge in [0.05, 0.1) is 0 Å². The summed E-state index contributed by atoms with van der Waals surface area (Å²) in [7, 11) is 0. The second-order valence-electron chi connectivity index (χ2n) is 5.85. The number of primary amides is 1. The molecule has 0 spiro atoms. The maximum Gasteiger partial charge on any atom is 0.407 e. The van der Waals surface area contributed by atoms with E-state index in [1.165, 1.54) is 0 Å². The highest BCUT2D eigenvalue weighted by Gasteiger charge is 2.27. The highest BCUT2D eigenvalue weighted by Crippen LogP contribution is 2.26. The quantitative estimate of drug-likeness (QED) is 0.756. The van der Waals surface area contributed by atoms with Crippen molar-refractivity contribution in [1.82, 2.24) is 5.32 Å². The molecule has 0 heterocycles. The molecule has 3 N–H and O–H groups in total. The molecule has 0 radical (unpaired) electrons. The first-order chi connectivity index (χ1) is 10.1. The lowest BCUT2D eigenvalue weighted by Crippen LogP contribution is -2.39. The maximum atomic E-state index is 11.8. The molecule has 0 aromatic heterocycles. The number of rotatable bonds is 5. The zero-order valence-corrected chi connectivity index (χ0v) is 15.1. The molecule has 0 aliphatic rings. The topological polar surface area (TPSA) is 81.4 Å². The van der Waals surface area contributed by atoms with E-state index >= 15 is 0 Å². The molecule has 0 aliphatic carbocycles. The number of hydrogen-bond acceptors (Lipinski definition) is 3. The molecule has 0 aliphatic heterocycles. The Balaban J connectivity index is 2.84. The Morgan fingerprint density at radius 3 is 2.55 bits per heavy atom. The summed E-state index contributed by atoms with van der Waals surface area (Å²) in [5, 5.41) is 3.20. The number of halogens is 2. The van der Waals surface area contributed by atoms with E-state index in [0.717, 1.165) is 5.56 Å². The van der Waals surface area contributed by atoms with Gasteiger partial charge in [-0.15, -0.1) is 0 Å². The highest BCUT2D eigenvalue weighted by molar-refractivity contribution is 9.10. The van der Waals surface area contributed by atoms with Crippen LogP contribution in [0.2, 0.25) is 5.02 Å². The van der Waals surface area contributed by atoms with Crippen LogP contribution in [0.25, 0.3) is 0 Å². The number of carbonyl (C=O) groups is 2. The molecule has 0 saturated heterocycles. The second kappa shape index (κ2) is 7.83. The molecular weight excluding hydrogens is 372 g/mol. The summed E-state index contributed by atoms with van der Waals surface area (Å²) >= 11 is 9.25. The van der Waals surface area contributed by atoms with Crippen molar-refractivity contribution in [2.45, 2.75) is 37.1 Å². The lowest BCUT2D eigenvalue weighted by Gasteiger charge is -2.24. The number of benzene rings is 1. The van der Waals surface area contributed by atoms with Crippen molar-refractivity contribution in [3.8, 4) is 0 Å². The largest absolute Gasteiger partial charge is 0.444 e. The standard InChI is InChI=1S/C15H20BrClN2O3/c1-15(2,3)22-14(21)19-8-11(12(16)13(18)20)9-5-4-6-10(17)7-9/h4-7,11-12H,8H2,1-3H3,(H2,18,20)(H,19,21). The van der Waals surface area contributed by atoms with Crippen molar-refractivity contribution in [3.05, 3.63) is 34.9 Å². The van der Waals surface area contributed by atoms with Gasteiger partial charge in [-0.2, -0.15) is 0 Å². The van der Waals surface area contributed by atoms with Crippen LogP contribution in [0, 0.1) is 0 Å². The van der Waals surface area contributed by atoms with E-state index < -0.39 is 22.4 Å². The van der Waals surface area contributed by atoms with Gasteiger partial charge in [0.1, 0.15) is 10.4 Å². The number of amides is 2. The Bertz CT molecular complexity index is 546. The van der Waals surface area contributed by atoms with Gasteiger partial charge in [-0.1, -0.05) is 39.7 Å². The van der Waals surface area contributed by atoms with E-state index in [2.05, 4.69) is 21.2 Å². The average molecular weight is 392 g/mol. The van der Waals surface area contributed by atoms with Crippen LogP contribution in [0.4, 0.5) is 4.79 Å². The highest BCUT2D eigenvalue weighted by atomic mass is 79.9. The molecule has 2 atom stereocenters. The van der Waals surface area contributed by atoms with Gasteiger partial charge in [0.25, 0.3) is 0 Å². The SMILES string of the molecule is CC(C)(C)OC(=O)NCC(c1cccc(Cl)c1)C(Br)C(N)=O. The molecule has 1 aromatic carbocycles. The minimum Gasteiger partial charge on any atom is -0.444 e. The monoisotopic (exact) mass is 390 g/mol. The van der Waals surface area contributed by atoms with Crippen LogP contribution >= 0.6 is 27.5 Å². The van der Waals surface area contributed by atoms with Crippen LogP contribution in [0.1, 0.15) is 32.3 Å². The molecule has 1 rings (SSSR count). The molecule has 2 unspecified atom stereocenters. The Morgan fingerprint density at radius 2 is 2.05 bits per heavy atom. The molecule has 5 nitrogen and oxygen atoms in total. The minimum absolute atomic E-state index is 0.189. The van der Waals surface area contributed by atoms with Gasteiger partial charge in [-0.3, -0.25) is 4.79 Å². The average Bonchev–Trinajstić information content (AvgIpc) is 2.36. The van der Waals surface area contributed by atoms with E-state index in [0.29, 0.717) is 5.02 Å². The molecule has 22 heavy (non-hydrogen) atoms. The molecule has 122 valence electrons. The van der Waals surface area contributed by atoms with Gasteiger partial charge in [-0.05, 0) is 38.5 Å². The maximum absolute atomic E-state index is 11.8. The number of alkyl halides is 1. The predicted octanol–water partition coefficient (Wildman–Crippen LogP) is 3.20. The normalized spacial score (nSPS) is 14.0. The Kier molecular flexibility index (Phi) is 6.68. The number of alkyl carbamates (subject to hydrolysis) is 1. The summed E-state index contributed by atoms with van der Waals surface area (Å²) in [5.74, 6) is -0.875. The lowest BCUT2D eigenvalue weighted by atomic mass is 9.95. The van der Waals surface area contributed by atoms with Crippen LogP contribution in [-0.4, -0.2) is 29.0 Å². The lowest BCUT2D eigenvalue weighted by molar-refractivity contribution is -0.117. The van der Waals surface area contributed by atoms with Gasteiger partial charge in [0, 0.05) is 17.5 Å². The minimum atomic E-state index is -0.638. The summed E-state index contributed by atoms with van der Waals surface area (Å²) in [4.78, 5) is 22.6. The number of hydrogen-bond donors (Lipinski definition) is 2. The van der Waals surface area contributed by atoms with E-state index in [1.54, 1.807) is 39.0 Å². The van der Waals surface area contributed by atoms with Crippen LogP contribution in [0.3, 0.4) is 0 Å². The molecule has 0 saturated carbocycles. The summed E-state index contributed by atoms with van der Waals surface area (Å²) in [6, 6.07) is 7.07. The molecular formula is C15H20BrClN2O3. The smallest absolute Gasteiger partial charge is 0.407 e. The van der Waals surface area contributed by atoms with Crippen molar-refractivity contribution in [2.24, 2.45) is 5.73 Å². The number of nitrogens with one attached hydrogen (secondary N) is 1. The summed E-state index contributed by atoms with van der Waals surface area (Å²) in [6.45, 7) is 5.52. The van der Waals surface area contributed by atoms with Gasteiger partial charge < -0.3 is 15.8 Å². The zero-order valence-electron chi connectivity index (χ0n) is 12.7. The summed E-state index contributed by atoms with van der Waals surface area (Å²) in [6.07, 6.45) is -0.552. The van der Waals surface area contributed by atoms with E-state index in [9.17, 15) is 9.59 Å². The number of ether oxygens (including phenoxy) is 1. The fourth-order valence-corrected chi connectivity index (χ4v) is 2.52. The van der Waals surface area contributed by atoms with Crippen molar-refractivity contribution < 1.29 is 14.3 Å².